The summed E-state index contributed by atoms with van der Waals surface area (Å²) in [7, 11) is 1.74. The molecule has 0 aliphatic carbocycles. The van der Waals surface area contributed by atoms with Gasteiger partial charge in [-0.3, -0.25) is 0 Å². The predicted octanol–water partition coefficient (Wildman–Crippen LogP) is 1.67. The lowest BCUT2D eigenvalue weighted by Gasteiger charge is -2.31. The minimum absolute atomic E-state index is 0.772. The molecule has 0 amide bonds. The van der Waals surface area contributed by atoms with Crippen molar-refractivity contribution in [1.29, 1.82) is 0 Å². The summed E-state index contributed by atoms with van der Waals surface area (Å²) in [6.07, 6.45) is 2.29. The maximum absolute atomic E-state index is 5.97. The molecule has 0 unspecified atom stereocenters. The second kappa shape index (κ2) is 4.53. The quantitative estimate of drug-likeness (QED) is 0.764. The maximum atomic E-state index is 5.97. The van der Waals surface area contributed by atoms with E-state index in [1.807, 2.05) is 12.1 Å². The lowest BCUT2D eigenvalue weighted by atomic mass is 10.00. The summed E-state index contributed by atoms with van der Waals surface area (Å²) in [4.78, 5) is 2.36. The van der Waals surface area contributed by atoms with Gasteiger partial charge >= 0.3 is 0 Å². The summed E-state index contributed by atoms with van der Waals surface area (Å²) < 4.78 is 5.12. The average Bonchev–Trinajstić information content (AvgIpc) is 2.27. The third-order valence-corrected chi connectivity index (χ3v) is 2.95. The maximum Gasteiger partial charge on any atom is 0.0637 e. The lowest BCUT2D eigenvalue weighted by Crippen LogP contribution is -2.32. The van der Waals surface area contributed by atoms with Crippen LogP contribution in [0.15, 0.2) is 18.2 Å². The number of nitrogens with two attached hydrogens (primary N) is 1. The zero-order valence-electron chi connectivity index (χ0n) is 9.20. The Morgan fingerprint density at radius 3 is 3.13 bits per heavy atom. The first kappa shape index (κ1) is 10.3. The first-order chi connectivity index (χ1) is 7.33. The monoisotopic (exact) mass is 206 g/mol. The minimum Gasteiger partial charge on any atom is -0.398 e. The standard InChI is InChI=1S/C12H18N2O/c1-15-9-8-14-7-3-4-10-11(13)5-2-6-12(10)14/h2,5-6H,3-4,7-9,13H2,1H3. The van der Waals surface area contributed by atoms with Gasteiger partial charge in [0.05, 0.1) is 6.61 Å². The fraction of sp³-hybridized carbons (Fsp3) is 0.500. The van der Waals surface area contributed by atoms with Crippen molar-refractivity contribution in [3.05, 3.63) is 23.8 Å². The van der Waals surface area contributed by atoms with Gasteiger partial charge < -0.3 is 15.4 Å². The van der Waals surface area contributed by atoms with Gasteiger partial charge in [-0.05, 0) is 30.5 Å². The van der Waals surface area contributed by atoms with Crippen LogP contribution < -0.4 is 10.6 Å². The second-order valence-corrected chi connectivity index (χ2v) is 3.93. The highest BCUT2D eigenvalue weighted by Gasteiger charge is 2.17. The van der Waals surface area contributed by atoms with Crippen LogP contribution in [0.25, 0.3) is 0 Å². The molecule has 0 atom stereocenters. The first-order valence-electron chi connectivity index (χ1n) is 5.44. The number of hydrogen-bond donors (Lipinski definition) is 1. The normalized spacial score (nSPS) is 15.1. The van der Waals surface area contributed by atoms with Crippen LogP contribution in [0.4, 0.5) is 11.4 Å². The van der Waals surface area contributed by atoms with Crippen molar-refractivity contribution >= 4 is 11.4 Å². The summed E-state index contributed by atoms with van der Waals surface area (Å²) in [5.74, 6) is 0. The highest BCUT2D eigenvalue weighted by molar-refractivity contribution is 5.66. The molecule has 82 valence electrons. The molecular formula is C12H18N2O. The SMILES string of the molecule is COCCN1CCCc2c(N)cccc21. The Bertz CT molecular complexity index is 338. The van der Waals surface area contributed by atoms with E-state index in [1.165, 1.54) is 17.7 Å². The van der Waals surface area contributed by atoms with Gasteiger partial charge in [-0.2, -0.15) is 0 Å². The number of benzene rings is 1. The van der Waals surface area contributed by atoms with Crippen LogP contribution in [0.1, 0.15) is 12.0 Å². The van der Waals surface area contributed by atoms with Crippen molar-refractivity contribution < 1.29 is 4.74 Å². The Balaban J connectivity index is 2.22. The number of nitrogen functional groups attached to an aromatic ring is 1. The largest absolute Gasteiger partial charge is 0.398 e. The molecule has 0 bridgehead atoms. The zero-order chi connectivity index (χ0) is 10.7. The number of hydrogen-bond acceptors (Lipinski definition) is 3. The van der Waals surface area contributed by atoms with E-state index in [1.54, 1.807) is 7.11 Å². The van der Waals surface area contributed by atoms with Gasteiger partial charge in [0.25, 0.3) is 0 Å². The number of nitrogens with zero attached hydrogens (tertiary/aromatic N) is 1. The van der Waals surface area contributed by atoms with E-state index in [0.29, 0.717) is 0 Å². The molecular weight excluding hydrogens is 188 g/mol. The number of rotatable bonds is 3. The minimum atomic E-state index is 0.772. The van der Waals surface area contributed by atoms with Crippen molar-refractivity contribution in [3.8, 4) is 0 Å². The molecule has 15 heavy (non-hydrogen) atoms. The smallest absolute Gasteiger partial charge is 0.0637 e. The van der Waals surface area contributed by atoms with Gasteiger partial charge in [0.1, 0.15) is 0 Å². The fourth-order valence-electron chi connectivity index (χ4n) is 2.16. The Hall–Kier alpha value is -1.22. The summed E-state index contributed by atoms with van der Waals surface area (Å²) in [5.41, 5.74) is 9.50. The molecule has 1 aromatic carbocycles. The lowest BCUT2D eigenvalue weighted by molar-refractivity contribution is 0.205. The third-order valence-electron chi connectivity index (χ3n) is 2.95. The van der Waals surface area contributed by atoms with E-state index >= 15 is 0 Å². The fourth-order valence-corrected chi connectivity index (χ4v) is 2.16. The van der Waals surface area contributed by atoms with E-state index in [9.17, 15) is 0 Å². The number of methoxy groups -OCH3 is 1. The number of ether oxygens (including phenoxy) is 1. The molecule has 3 heteroatoms. The van der Waals surface area contributed by atoms with Crippen LogP contribution in [0.2, 0.25) is 0 Å². The Morgan fingerprint density at radius 1 is 1.47 bits per heavy atom. The van der Waals surface area contributed by atoms with Gasteiger partial charge in [0.2, 0.25) is 0 Å². The van der Waals surface area contributed by atoms with Crippen LogP contribution in [-0.2, 0) is 11.2 Å². The molecule has 2 N–H and O–H groups in total. The van der Waals surface area contributed by atoms with Crippen LogP contribution in [0.5, 0.6) is 0 Å². The highest BCUT2D eigenvalue weighted by Crippen LogP contribution is 2.30. The Morgan fingerprint density at radius 2 is 2.33 bits per heavy atom. The third kappa shape index (κ3) is 2.07. The van der Waals surface area contributed by atoms with Crippen LogP contribution >= 0.6 is 0 Å². The van der Waals surface area contributed by atoms with Gasteiger partial charge in [-0.15, -0.1) is 0 Å². The van der Waals surface area contributed by atoms with Crippen molar-refractivity contribution in [2.45, 2.75) is 12.8 Å². The highest BCUT2D eigenvalue weighted by atomic mass is 16.5. The van der Waals surface area contributed by atoms with E-state index in [0.717, 1.165) is 31.8 Å². The average molecular weight is 206 g/mol. The van der Waals surface area contributed by atoms with Gasteiger partial charge in [0.15, 0.2) is 0 Å². The van der Waals surface area contributed by atoms with Crippen LogP contribution in [0, 0.1) is 0 Å². The first-order valence-corrected chi connectivity index (χ1v) is 5.44. The second-order valence-electron chi connectivity index (χ2n) is 3.93. The van der Waals surface area contributed by atoms with E-state index in [4.69, 9.17) is 10.5 Å². The van der Waals surface area contributed by atoms with Gasteiger partial charge in [0, 0.05) is 31.6 Å². The Kier molecular flexibility index (Phi) is 3.11. The van der Waals surface area contributed by atoms with Crippen LogP contribution in [0.3, 0.4) is 0 Å². The van der Waals surface area contributed by atoms with E-state index in [2.05, 4.69) is 11.0 Å². The zero-order valence-corrected chi connectivity index (χ0v) is 9.20. The van der Waals surface area contributed by atoms with Crippen molar-refractivity contribution in [2.24, 2.45) is 0 Å². The molecule has 3 nitrogen and oxygen atoms in total. The summed E-state index contributed by atoms with van der Waals surface area (Å²) >= 11 is 0. The van der Waals surface area contributed by atoms with Crippen molar-refractivity contribution in [1.82, 2.24) is 0 Å². The summed E-state index contributed by atoms with van der Waals surface area (Å²) in [6.45, 7) is 2.83. The molecule has 0 saturated carbocycles. The summed E-state index contributed by atoms with van der Waals surface area (Å²) in [5, 5.41) is 0. The van der Waals surface area contributed by atoms with Gasteiger partial charge in [-0.1, -0.05) is 6.07 Å². The Labute approximate surface area is 90.8 Å². The molecule has 2 rings (SSSR count). The molecule has 1 aromatic rings. The molecule has 0 aromatic heterocycles. The number of anilines is 2. The molecule has 1 aliphatic rings. The van der Waals surface area contributed by atoms with Crippen molar-refractivity contribution in [2.75, 3.05) is 37.4 Å². The molecule has 0 spiro atoms. The molecule has 0 saturated heterocycles. The van der Waals surface area contributed by atoms with E-state index < -0.39 is 0 Å². The predicted molar refractivity (Wildman–Crippen MR) is 63.3 cm³/mol. The van der Waals surface area contributed by atoms with Gasteiger partial charge in [-0.25, -0.2) is 0 Å². The van der Waals surface area contributed by atoms with Crippen LogP contribution in [-0.4, -0.2) is 26.8 Å². The molecule has 0 radical (unpaired) electrons. The molecule has 0 fully saturated rings. The number of fused-ring (bicyclic) bond motifs is 1. The summed E-state index contributed by atoms with van der Waals surface area (Å²) in [6, 6.07) is 6.17. The topological polar surface area (TPSA) is 38.5 Å². The van der Waals surface area contributed by atoms with Crippen molar-refractivity contribution in [3.63, 3.8) is 0 Å². The molecule has 1 heterocycles. The van der Waals surface area contributed by atoms with E-state index in [-0.39, 0.29) is 0 Å². The molecule has 1 aliphatic heterocycles.